The highest BCUT2D eigenvalue weighted by Gasteiger charge is 2.38. The Bertz CT molecular complexity index is 862. The summed E-state index contributed by atoms with van der Waals surface area (Å²) in [4.78, 5) is 3.92. The van der Waals surface area contributed by atoms with E-state index < -0.39 is 22.9 Å². The Morgan fingerprint density at radius 3 is 2.28 bits per heavy atom. The van der Waals surface area contributed by atoms with Crippen molar-refractivity contribution in [3.63, 3.8) is 0 Å². The maximum absolute atomic E-state index is 12.5. The molecule has 1 atom stereocenters. The Kier molecular flexibility index (Phi) is 4.98. The number of aryl methyl sites for hydroxylation is 1. The predicted octanol–water partition coefficient (Wildman–Crippen LogP) is 4.11. The first kappa shape index (κ1) is 17.3. The first-order valence-electron chi connectivity index (χ1n) is 7.37. The standard InChI is InChI=1S/C17H13F3N2O2S/c18-17(19,20)16-21-15(22-24-16)13-6-8-14(9-7-13)25(23)11-10-12-4-2-1-3-5-12/h1-9H,10-11H2. The van der Waals surface area contributed by atoms with E-state index in [4.69, 9.17) is 0 Å². The smallest absolute Gasteiger partial charge is 0.329 e. The fourth-order valence-electron chi connectivity index (χ4n) is 2.18. The minimum Gasteiger partial charge on any atom is -0.329 e. The summed E-state index contributed by atoms with van der Waals surface area (Å²) in [5.74, 6) is -1.09. The molecule has 0 saturated carbocycles. The lowest BCUT2D eigenvalue weighted by Crippen LogP contribution is -2.04. The molecule has 3 rings (SSSR count). The Morgan fingerprint density at radius 1 is 1.00 bits per heavy atom. The van der Waals surface area contributed by atoms with Crippen molar-refractivity contribution in [2.24, 2.45) is 0 Å². The van der Waals surface area contributed by atoms with Crippen LogP contribution in [0.15, 0.2) is 64.0 Å². The number of nitrogens with zero attached hydrogens (tertiary/aromatic N) is 2. The van der Waals surface area contributed by atoms with Gasteiger partial charge in [0.25, 0.3) is 0 Å². The highest BCUT2D eigenvalue weighted by Crippen LogP contribution is 2.29. The van der Waals surface area contributed by atoms with Crippen LogP contribution in [0.2, 0.25) is 0 Å². The second-order valence-corrected chi connectivity index (χ2v) is 6.80. The van der Waals surface area contributed by atoms with Gasteiger partial charge in [-0.2, -0.15) is 18.2 Å². The van der Waals surface area contributed by atoms with Gasteiger partial charge in [0.1, 0.15) is 0 Å². The molecular weight excluding hydrogens is 353 g/mol. The lowest BCUT2D eigenvalue weighted by molar-refractivity contribution is -0.159. The summed E-state index contributed by atoms with van der Waals surface area (Å²) in [7, 11) is -1.20. The molecule has 0 aliphatic heterocycles. The second-order valence-electron chi connectivity index (χ2n) is 5.23. The topological polar surface area (TPSA) is 56.0 Å². The van der Waals surface area contributed by atoms with Crippen LogP contribution in [0.25, 0.3) is 11.4 Å². The maximum Gasteiger partial charge on any atom is 0.471 e. The molecule has 0 aliphatic rings. The fraction of sp³-hybridized carbons (Fsp3) is 0.176. The summed E-state index contributed by atoms with van der Waals surface area (Å²) in [6.45, 7) is 0. The SMILES string of the molecule is O=S(CCc1ccccc1)c1ccc(-c2noc(C(F)(F)F)n2)cc1. The van der Waals surface area contributed by atoms with Crippen LogP contribution in [0.3, 0.4) is 0 Å². The van der Waals surface area contributed by atoms with Gasteiger partial charge in [-0.25, -0.2) is 0 Å². The summed E-state index contributed by atoms with van der Waals surface area (Å²) in [6.07, 6.45) is -4.00. The Labute approximate surface area is 144 Å². The number of hydrogen-bond donors (Lipinski definition) is 0. The average molecular weight is 366 g/mol. The van der Waals surface area contributed by atoms with Gasteiger partial charge < -0.3 is 4.52 Å². The molecule has 2 aromatic carbocycles. The van der Waals surface area contributed by atoms with E-state index in [0.29, 0.717) is 22.6 Å². The molecule has 0 radical (unpaired) electrons. The zero-order chi connectivity index (χ0) is 17.9. The van der Waals surface area contributed by atoms with E-state index in [2.05, 4.69) is 14.7 Å². The molecule has 1 heterocycles. The summed E-state index contributed by atoms with van der Waals surface area (Å²) in [6, 6.07) is 16.0. The van der Waals surface area contributed by atoms with Crippen LogP contribution in [0.4, 0.5) is 13.2 Å². The van der Waals surface area contributed by atoms with Crippen LogP contribution < -0.4 is 0 Å². The third-order valence-electron chi connectivity index (χ3n) is 3.46. The molecule has 130 valence electrons. The number of rotatable bonds is 5. The third-order valence-corrected chi connectivity index (χ3v) is 4.84. The van der Waals surface area contributed by atoms with Crippen LogP contribution in [-0.2, 0) is 23.4 Å². The number of alkyl halides is 3. The summed E-state index contributed by atoms with van der Waals surface area (Å²) >= 11 is 0. The van der Waals surface area contributed by atoms with Gasteiger partial charge in [-0.15, -0.1) is 0 Å². The van der Waals surface area contributed by atoms with Crippen molar-refractivity contribution in [3.05, 3.63) is 66.1 Å². The molecule has 4 nitrogen and oxygen atoms in total. The van der Waals surface area contributed by atoms with Gasteiger partial charge in [0.15, 0.2) is 0 Å². The molecule has 0 saturated heterocycles. The largest absolute Gasteiger partial charge is 0.471 e. The molecule has 0 amide bonds. The summed E-state index contributed by atoms with van der Waals surface area (Å²) in [5, 5.41) is 3.32. The minimum atomic E-state index is -4.68. The first-order valence-corrected chi connectivity index (χ1v) is 8.69. The molecule has 1 unspecified atom stereocenters. The van der Waals surface area contributed by atoms with Crippen molar-refractivity contribution in [3.8, 4) is 11.4 Å². The van der Waals surface area contributed by atoms with Crippen molar-refractivity contribution in [1.29, 1.82) is 0 Å². The van der Waals surface area contributed by atoms with E-state index in [1.54, 1.807) is 12.1 Å². The Morgan fingerprint density at radius 2 is 1.68 bits per heavy atom. The average Bonchev–Trinajstić information content (AvgIpc) is 3.11. The van der Waals surface area contributed by atoms with Gasteiger partial charge in [-0.3, -0.25) is 4.21 Å². The van der Waals surface area contributed by atoms with Gasteiger partial charge in [-0.1, -0.05) is 35.5 Å². The highest BCUT2D eigenvalue weighted by molar-refractivity contribution is 7.85. The van der Waals surface area contributed by atoms with Crippen molar-refractivity contribution in [2.75, 3.05) is 5.75 Å². The number of halogens is 3. The van der Waals surface area contributed by atoms with Crippen LogP contribution in [0.5, 0.6) is 0 Å². The molecule has 0 fully saturated rings. The van der Waals surface area contributed by atoms with Crippen molar-refractivity contribution >= 4 is 10.8 Å². The molecule has 1 aromatic heterocycles. The fourth-order valence-corrected chi connectivity index (χ4v) is 3.28. The van der Waals surface area contributed by atoms with Crippen LogP contribution in [0.1, 0.15) is 11.5 Å². The lowest BCUT2D eigenvalue weighted by Gasteiger charge is -2.03. The van der Waals surface area contributed by atoms with E-state index >= 15 is 0 Å². The third kappa shape index (κ3) is 4.33. The normalized spacial score (nSPS) is 12.9. The van der Waals surface area contributed by atoms with Crippen molar-refractivity contribution in [2.45, 2.75) is 17.5 Å². The number of benzene rings is 2. The van der Waals surface area contributed by atoms with Gasteiger partial charge >= 0.3 is 12.1 Å². The quantitative estimate of drug-likeness (QED) is 0.682. The maximum atomic E-state index is 12.5. The Balaban J connectivity index is 1.67. The second kappa shape index (κ2) is 7.18. The van der Waals surface area contributed by atoms with Gasteiger partial charge in [0, 0.05) is 16.2 Å². The molecule has 3 aromatic rings. The molecule has 25 heavy (non-hydrogen) atoms. The highest BCUT2D eigenvalue weighted by atomic mass is 32.2. The molecule has 0 aliphatic carbocycles. The van der Waals surface area contributed by atoms with E-state index in [9.17, 15) is 17.4 Å². The van der Waals surface area contributed by atoms with E-state index in [-0.39, 0.29) is 5.82 Å². The van der Waals surface area contributed by atoms with E-state index in [1.807, 2.05) is 30.3 Å². The molecule has 8 heteroatoms. The molecule has 0 bridgehead atoms. The molecule has 0 N–H and O–H groups in total. The van der Waals surface area contributed by atoms with Crippen molar-refractivity contribution in [1.82, 2.24) is 10.1 Å². The van der Waals surface area contributed by atoms with E-state index in [0.717, 1.165) is 5.56 Å². The van der Waals surface area contributed by atoms with Crippen molar-refractivity contribution < 1.29 is 21.9 Å². The van der Waals surface area contributed by atoms with Crippen LogP contribution in [0, 0.1) is 0 Å². The van der Waals surface area contributed by atoms with Crippen LogP contribution >= 0.6 is 0 Å². The molecule has 0 spiro atoms. The van der Waals surface area contributed by atoms with Crippen LogP contribution in [-0.4, -0.2) is 20.1 Å². The van der Waals surface area contributed by atoms with Gasteiger partial charge in [-0.05, 0) is 36.2 Å². The monoisotopic (exact) mass is 366 g/mol. The molecular formula is C17H13F3N2O2S. The first-order chi connectivity index (χ1) is 11.9. The van der Waals surface area contributed by atoms with Gasteiger partial charge in [0.05, 0.1) is 10.8 Å². The Hall–Kier alpha value is -2.48. The van der Waals surface area contributed by atoms with Gasteiger partial charge in [0.2, 0.25) is 5.82 Å². The minimum absolute atomic E-state index is 0.158. The predicted molar refractivity (Wildman–Crippen MR) is 86.2 cm³/mol. The summed E-state index contributed by atoms with van der Waals surface area (Å²) < 4.78 is 53.9. The summed E-state index contributed by atoms with van der Waals surface area (Å²) in [5.41, 5.74) is 1.46. The zero-order valence-electron chi connectivity index (χ0n) is 12.9. The zero-order valence-corrected chi connectivity index (χ0v) is 13.7. The number of hydrogen-bond acceptors (Lipinski definition) is 4. The lowest BCUT2D eigenvalue weighted by atomic mass is 10.2. The number of aromatic nitrogens is 2. The van der Waals surface area contributed by atoms with E-state index in [1.165, 1.54) is 12.1 Å².